The predicted molar refractivity (Wildman–Crippen MR) is 95.0 cm³/mol. The smallest absolute Gasteiger partial charge is 0.238 e. The molecule has 126 valence electrons. The van der Waals surface area contributed by atoms with Gasteiger partial charge in [-0.3, -0.25) is 0 Å². The Morgan fingerprint density at radius 1 is 1.12 bits per heavy atom. The average Bonchev–Trinajstić information content (AvgIpc) is 2.80. The van der Waals surface area contributed by atoms with Crippen LogP contribution in [0.1, 0.15) is 30.7 Å². The van der Waals surface area contributed by atoms with E-state index in [0.717, 1.165) is 16.5 Å². The molecule has 0 saturated carbocycles. The van der Waals surface area contributed by atoms with Gasteiger partial charge in [0.1, 0.15) is 11.3 Å². The molecule has 2 aromatic heterocycles. The molecule has 0 amide bonds. The van der Waals surface area contributed by atoms with Gasteiger partial charge in [0.25, 0.3) is 0 Å². The van der Waals surface area contributed by atoms with Crippen LogP contribution in [-0.2, 0) is 6.54 Å². The predicted octanol–water partition coefficient (Wildman–Crippen LogP) is 4.88. The number of rotatable bonds is 5. The van der Waals surface area contributed by atoms with Crippen molar-refractivity contribution >= 4 is 10.9 Å². The van der Waals surface area contributed by atoms with Crippen LogP contribution in [-0.4, -0.2) is 16.2 Å². The molecule has 0 unspecified atom stereocenters. The summed E-state index contributed by atoms with van der Waals surface area (Å²) < 4.78 is 21.3. The normalized spacial score (nSPS) is 11.4. The Morgan fingerprint density at radius 2 is 1.83 bits per heavy atom. The number of aromatic nitrogens is 2. The Bertz CT molecular complexity index is 850. The molecule has 0 atom stereocenters. The Labute approximate surface area is 142 Å². The van der Waals surface area contributed by atoms with Crippen molar-refractivity contribution in [2.75, 3.05) is 6.61 Å². The first kappa shape index (κ1) is 16.5. The van der Waals surface area contributed by atoms with Gasteiger partial charge in [0.15, 0.2) is 0 Å². The summed E-state index contributed by atoms with van der Waals surface area (Å²) in [5.41, 5.74) is 4.47. The molecule has 24 heavy (non-hydrogen) atoms. The van der Waals surface area contributed by atoms with Crippen LogP contribution < -0.4 is 4.74 Å². The number of pyridine rings is 1. The van der Waals surface area contributed by atoms with E-state index in [2.05, 4.69) is 37.2 Å². The zero-order valence-electron chi connectivity index (χ0n) is 14.6. The topological polar surface area (TPSA) is 27.1 Å². The van der Waals surface area contributed by atoms with Crippen molar-refractivity contribution in [3.05, 3.63) is 59.2 Å². The molecule has 0 aliphatic rings. The summed E-state index contributed by atoms with van der Waals surface area (Å²) in [6.07, 6.45) is 1.80. The summed E-state index contributed by atoms with van der Waals surface area (Å²) in [6.45, 7) is 9.75. The van der Waals surface area contributed by atoms with Gasteiger partial charge in [-0.05, 0) is 49.1 Å². The molecule has 3 nitrogen and oxygen atoms in total. The molecule has 0 aliphatic carbocycles. The second kappa shape index (κ2) is 6.63. The standard InChI is InChI=1S/C20H23FN2O/c1-13(2)12-24-20-19-18(9-10-22-20)14(3)15(4)23(19)11-16-5-7-17(21)8-6-16/h5-10,13H,11-12H2,1-4H3. The van der Waals surface area contributed by atoms with Crippen LogP contribution in [0, 0.1) is 25.6 Å². The molecule has 0 N–H and O–H groups in total. The van der Waals surface area contributed by atoms with Gasteiger partial charge in [-0.15, -0.1) is 0 Å². The molecular formula is C20H23FN2O. The van der Waals surface area contributed by atoms with E-state index in [1.54, 1.807) is 6.20 Å². The summed E-state index contributed by atoms with van der Waals surface area (Å²) in [4.78, 5) is 4.45. The fourth-order valence-electron chi connectivity index (χ4n) is 2.88. The van der Waals surface area contributed by atoms with Crippen molar-refractivity contribution in [2.24, 2.45) is 5.92 Å². The fraction of sp³-hybridized carbons (Fsp3) is 0.350. The van der Waals surface area contributed by atoms with Gasteiger partial charge < -0.3 is 9.30 Å². The van der Waals surface area contributed by atoms with Gasteiger partial charge in [-0.1, -0.05) is 26.0 Å². The second-order valence-electron chi connectivity index (χ2n) is 6.64. The average molecular weight is 326 g/mol. The third-order valence-corrected chi connectivity index (χ3v) is 4.32. The number of aryl methyl sites for hydroxylation is 1. The number of fused-ring (bicyclic) bond motifs is 1. The summed E-state index contributed by atoms with van der Waals surface area (Å²) in [7, 11) is 0. The van der Waals surface area contributed by atoms with E-state index in [1.165, 1.54) is 23.4 Å². The molecule has 0 radical (unpaired) electrons. The third-order valence-electron chi connectivity index (χ3n) is 4.32. The Hall–Kier alpha value is -2.36. The molecule has 1 aromatic carbocycles. The molecule has 0 fully saturated rings. The van der Waals surface area contributed by atoms with E-state index in [9.17, 15) is 4.39 Å². The molecule has 0 spiro atoms. The Kier molecular flexibility index (Phi) is 4.56. The van der Waals surface area contributed by atoms with Crippen molar-refractivity contribution in [2.45, 2.75) is 34.2 Å². The zero-order valence-corrected chi connectivity index (χ0v) is 14.6. The minimum atomic E-state index is -0.216. The highest BCUT2D eigenvalue weighted by Gasteiger charge is 2.16. The van der Waals surface area contributed by atoms with Crippen LogP contribution in [0.2, 0.25) is 0 Å². The van der Waals surface area contributed by atoms with Crippen LogP contribution in [0.3, 0.4) is 0 Å². The molecule has 3 rings (SSSR count). The Balaban J connectivity index is 2.08. The van der Waals surface area contributed by atoms with Crippen molar-refractivity contribution < 1.29 is 9.13 Å². The number of hydrogen-bond acceptors (Lipinski definition) is 2. The van der Waals surface area contributed by atoms with E-state index in [1.807, 2.05) is 18.2 Å². The number of benzene rings is 1. The second-order valence-corrected chi connectivity index (χ2v) is 6.64. The molecule has 0 saturated heterocycles. The van der Waals surface area contributed by atoms with Crippen LogP contribution in [0.25, 0.3) is 10.9 Å². The summed E-state index contributed by atoms with van der Waals surface area (Å²) in [6, 6.07) is 8.66. The molecular weight excluding hydrogens is 303 g/mol. The highest BCUT2D eigenvalue weighted by molar-refractivity contribution is 5.89. The van der Waals surface area contributed by atoms with Gasteiger partial charge in [-0.2, -0.15) is 0 Å². The lowest BCUT2D eigenvalue weighted by Crippen LogP contribution is -2.08. The van der Waals surface area contributed by atoms with Gasteiger partial charge in [0.2, 0.25) is 5.88 Å². The number of hydrogen-bond donors (Lipinski definition) is 0. The van der Waals surface area contributed by atoms with E-state index in [4.69, 9.17) is 4.74 Å². The molecule has 2 heterocycles. The maximum Gasteiger partial charge on any atom is 0.238 e. The van der Waals surface area contributed by atoms with Crippen molar-refractivity contribution in [3.63, 3.8) is 0 Å². The third kappa shape index (κ3) is 3.14. The van der Waals surface area contributed by atoms with Gasteiger partial charge in [0.05, 0.1) is 6.61 Å². The van der Waals surface area contributed by atoms with Crippen LogP contribution in [0.5, 0.6) is 5.88 Å². The number of halogens is 1. The van der Waals surface area contributed by atoms with Crippen LogP contribution in [0.4, 0.5) is 4.39 Å². The summed E-state index contributed by atoms with van der Waals surface area (Å²) >= 11 is 0. The van der Waals surface area contributed by atoms with Crippen LogP contribution in [0.15, 0.2) is 36.5 Å². The van der Waals surface area contributed by atoms with E-state index < -0.39 is 0 Å². The lowest BCUT2D eigenvalue weighted by molar-refractivity contribution is 0.263. The first-order valence-corrected chi connectivity index (χ1v) is 8.29. The fourth-order valence-corrected chi connectivity index (χ4v) is 2.88. The zero-order chi connectivity index (χ0) is 17.3. The van der Waals surface area contributed by atoms with Gasteiger partial charge >= 0.3 is 0 Å². The SMILES string of the molecule is Cc1c(C)n(Cc2ccc(F)cc2)c2c(OCC(C)C)nccc12. The van der Waals surface area contributed by atoms with E-state index in [0.29, 0.717) is 24.9 Å². The van der Waals surface area contributed by atoms with Gasteiger partial charge in [-0.25, -0.2) is 9.37 Å². The highest BCUT2D eigenvalue weighted by Crippen LogP contribution is 2.31. The number of ether oxygens (including phenoxy) is 1. The number of nitrogens with zero attached hydrogens (tertiary/aromatic N) is 2. The lowest BCUT2D eigenvalue weighted by atomic mass is 10.2. The van der Waals surface area contributed by atoms with Crippen molar-refractivity contribution in [1.29, 1.82) is 0 Å². The quantitative estimate of drug-likeness (QED) is 0.668. The minimum absolute atomic E-state index is 0.216. The first-order chi connectivity index (χ1) is 11.5. The Morgan fingerprint density at radius 3 is 2.50 bits per heavy atom. The molecule has 3 aromatic rings. The molecule has 0 bridgehead atoms. The highest BCUT2D eigenvalue weighted by atomic mass is 19.1. The van der Waals surface area contributed by atoms with Gasteiger partial charge in [0, 0.05) is 23.8 Å². The summed E-state index contributed by atoms with van der Waals surface area (Å²) in [5.74, 6) is 0.885. The minimum Gasteiger partial charge on any atom is -0.476 e. The molecule has 4 heteroatoms. The van der Waals surface area contributed by atoms with E-state index in [-0.39, 0.29) is 5.82 Å². The van der Waals surface area contributed by atoms with Crippen molar-refractivity contribution in [1.82, 2.24) is 9.55 Å². The maximum atomic E-state index is 13.2. The largest absolute Gasteiger partial charge is 0.476 e. The first-order valence-electron chi connectivity index (χ1n) is 8.29. The maximum absolute atomic E-state index is 13.2. The van der Waals surface area contributed by atoms with Crippen molar-refractivity contribution in [3.8, 4) is 5.88 Å². The van der Waals surface area contributed by atoms with E-state index >= 15 is 0 Å². The molecule has 0 aliphatic heterocycles. The monoisotopic (exact) mass is 326 g/mol. The summed E-state index contributed by atoms with van der Waals surface area (Å²) in [5, 5.41) is 1.16. The lowest BCUT2D eigenvalue weighted by Gasteiger charge is -2.13. The van der Waals surface area contributed by atoms with Crippen LogP contribution >= 0.6 is 0 Å².